The molecule has 1 spiro atoms. The first kappa shape index (κ1) is 18.5. The molecule has 2 bridgehead atoms. The molecule has 0 aromatic carbocycles. The second kappa shape index (κ2) is 5.34. The summed E-state index contributed by atoms with van der Waals surface area (Å²) in [6, 6.07) is 0. The zero-order valence-electron chi connectivity index (χ0n) is 15.4. The molecular formula is C20H26O7. The Bertz CT molecular complexity index is 759. The molecule has 7 heteroatoms. The van der Waals surface area contributed by atoms with Crippen LogP contribution in [0.3, 0.4) is 0 Å². The van der Waals surface area contributed by atoms with Crippen molar-refractivity contribution >= 4 is 17.9 Å². The minimum absolute atomic E-state index is 0.0505. The van der Waals surface area contributed by atoms with E-state index in [1.165, 1.54) is 6.92 Å². The van der Waals surface area contributed by atoms with Gasteiger partial charge in [-0.2, -0.15) is 0 Å². The minimum atomic E-state index is -1.81. The van der Waals surface area contributed by atoms with E-state index in [0.29, 0.717) is 19.3 Å². The standard InChI is InChI=1S/C20H26O7/c1-9-7-19-8-10(9)3-4-11(19)20(17(26)27)6-5-12(21)18(2,16(24)25)14(20)13(19)15(22)23/h10-14,21H,1,3-8H2,2H3,(H,22,23)(H,24,25)(H,26,27)/t10?,11-,12+,13?,14?,18-,19?,20?/m1/s1. The number of fused-ring (bicyclic) bond motifs is 3. The van der Waals surface area contributed by atoms with Crippen molar-refractivity contribution in [1.29, 1.82) is 0 Å². The van der Waals surface area contributed by atoms with Gasteiger partial charge in [0.05, 0.1) is 22.9 Å². The van der Waals surface area contributed by atoms with Crippen LogP contribution in [0.2, 0.25) is 0 Å². The van der Waals surface area contributed by atoms with Crippen molar-refractivity contribution in [1.82, 2.24) is 0 Å². The molecule has 4 saturated carbocycles. The molecule has 0 radical (unpaired) electrons. The van der Waals surface area contributed by atoms with E-state index >= 15 is 0 Å². The van der Waals surface area contributed by atoms with Gasteiger partial charge in [0.1, 0.15) is 0 Å². The maximum atomic E-state index is 12.7. The summed E-state index contributed by atoms with van der Waals surface area (Å²) in [5, 5.41) is 41.1. The van der Waals surface area contributed by atoms with E-state index < -0.39 is 58.0 Å². The first-order valence-electron chi connectivity index (χ1n) is 9.58. The van der Waals surface area contributed by atoms with Gasteiger partial charge in [0.2, 0.25) is 0 Å². The van der Waals surface area contributed by atoms with Gasteiger partial charge in [-0.25, -0.2) is 0 Å². The molecule has 27 heavy (non-hydrogen) atoms. The van der Waals surface area contributed by atoms with Gasteiger partial charge in [0.15, 0.2) is 0 Å². The number of allylic oxidation sites excluding steroid dienone is 1. The maximum absolute atomic E-state index is 12.7. The van der Waals surface area contributed by atoms with E-state index in [4.69, 9.17) is 0 Å². The number of carbonyl (C=O) groups is 3. The average Bonchev–Trinajstić information content (AvgIpc) is 2.99. The highest BCUT2D eigenvalue weighted by atomic mass is 16.4. The van der Waals surface area contributed by atoms with Crippen molar-refractivity contribution in [2.24, 2.45) is 39.9 Å². The molecule has 4 aliphatic carbocycles. The lowest BCUT2D eigenvalue weighted by molar-refractivity contribution is -0.191. The molecular weight excluding hydrogens is 352 g/mol. The Morgan fingerprint density at radius 2 is 1.74 bits per heavy atom. The van der Waals surface area contributed by atoms with Gasteiger partial charge in [-0.3, -0.25) is 14.4 Å². The van der Waals surface area contributed by atoms with Crippen molar-refractivity contribution in [2.45, 2.75) is 51.6 Å². The van der Waals surface area contributed by atoms with E-state index in [9.17, 15) is 34.8 Å². The Labute approximate surface area is 157 Å². The predicted molar refractivity (Wildman–Crippen MR) is 92.7 cm³/mol. The molecule has 7 nitrogen and oxygen atoms in total. The van der Waals surface area contributed by atoms with E-state index in [-0.39, 0.29) is 18.8 Å². The Hall–Kier alpha value is -1.89. The molecule has 0 amide bonds. The number of aliphatic hydroxyl groups is 1. The Morgan fingerprint density at radius 1 is 1.07 bits per heavy atom. The second-order valence-electron chi connectivity index (χ2n) is 9.38. The number of carboxylic acids is 3. The lowest BCUT2D eigenvalue weighted by Crippen LogP contribution is -2.60. The zero-order chi connectivity index (χ0) is 19.9. The highest BCUT2D eigenvalue weighted by Gasteiger charge is 2.80. The quantitative estimate of drug-likeness (QED) is 0.552. The summed E-state index contributed by atoms with van der Waals surface area (Å²) in [6.07, 6.45) is 1.24. The SMILES string of the molecule is C=C1CC23CC1CC[C@H]2C1(C(=O)O)CC[C@H](O)[C@@](C)(C(=O)O)C1C3C(=O)O. The highest BCUT2D eigenvalue weighted by Crippen LogP contribution is 2.77. The average molecular weight is 378 g/mol. The summed E-state index contributed by atoms with van der Waals surface area (Å²) in [7, 11) is 0. The molecule has 8 atom stereocenters. The van der Waals surface area contributed by atoms with E-state index in [1.807, 2.05) is 0 Å². The Morgan fingerprint density at radius 3 is 2.30 bits per heavy atom. The molecule has 0 aliphatic heterocycles. The maximum Gasteiger partial charge on any atom is 0.312 e. The van der Waals surface area contributed by atoms with Gasteiger partial charge >= 0.3 is 17.9 Å². The van der Waals surface area contributed by atoms with Crippen molar-refractivity contribution in [3.8, 4) is 0 Å². The number of carboxylic acid groups (broad SMARTS) is 3. The molecule has 4 N–H and O–H groups in total. The van der Waals surface area contributed by atoms with Crippen LogP contribution in [0.25, 0.3) is 0 Å². The fraction of sp³-hybridized carbons (Fsp3) is 0.750. The molecule has 5 unspecified atom stereocenters. The van der Waals surface area contributed by atoms with Crippen LogP contribution in [-0.2, 0) is 14.4 Å². The van der Waals surface area contributed by atoms with Crippen molar-refractivity contribution in [2.75, 3.05) is 0 Å². The van der Waals surface area contributed by atoms with Crippen LogP contribution in [0.4, 0.5) is 0 Å². The van der Waals surface area contributed by atoms with Crippen molar-refractivity contribution < 1.29 is 34.8 Å². The van der Waals surface area contributed by atoms with Crippen molar-refractivity contribution in [3.63, 3.8) is 0 Å². The number of rotatable bonds is 3. The first-order valence-corrected chi connectivity index (χ1v) is 9.58. The lowest BCUT2D eigenvalue weighted by atomic mass is 9.51. The van der Waals surface area contributed by atoms with Gasteiger partial charge < -0.3 is 20.4 Å². The normalized spacial score (nSPS) is 50.7. The molecule has 148 valence electrons. The van der Waals surface area contributed by atoms with Gasteiger partial charge in [-0.1, -0.05) is 12.2 Å². The van der Waals surface area contributed by atoms with Gasteiger partial charge in [-0.15, -0.1) is 0 Å². The number of aliphatic carboxylic acids is 3. The Balaban J connectivity index is 2.02. The largest absolute Gasteiger partial charge is 0.481 e. The summed E-state index contributed by atoms with van der Waals surface area (Å²) < 4.78 is 0. The summed E-state index contributed by atoms with van der Waals surface area (Å²) in [4.78, 5) is 37.4. The van der Waals surface area contributed by atoms with Gasteiger partial charge in [0, 0.05) is 5.92 Å². The topological polar surface area (TPSA) is 132 Å². The number of hydrogen-bond acceptors (Lipinski definition) is 4. The van der Waals surface area contributed by atoms with Gasteiger partial charge in [0.25, 0.3) is 0 Å². The third kappa shape index (κ3) is 1.88. The molecule has 0 saturated heterocycles. The van der Waals surface area contributed by atoms with E-state index in [0.717, 1.165) is 12.0 Å². The monoisotopic (exact) mass is 378 g/mol. The number of aliphatic hydroxyl groups excluding tert-OH is 1. The van der Waals surface area contributed by atoms with E-state index in [1.54, 1.807) is 0 Å². The zero-order valence-corrected chi connectivity index (χ0v) is 15.4. The molecule has 4 rings (SSSR count). The second-order valence-corrected chi connectivity index (χ2v) is 9.38. The third-order valence-electron chi connectivity index (χ3n) is 8.68. The summed E-state index contributed by atoms with van der Waals surface area (Å²) in [5.74, 6) is -6.08. The van der Waals surface area contributed by atoms with Crippen LogP contribution in [0.1, 0.15) is 45.4 Å². The van der Waals surface area contributed by atoms with Crippen LogP contribution in [0.5, 0.6) is 0 Å². The molecule has 4 fully saturated rings. The minimum Gasteiger partial charge on any atom is -0.481 e. The predicted octanol–water partition coefficient (Wildman–Crippen LogP) is 2.00. The smallest absolute Gasteiger partial charge is 0.312 e. The summed E-state index contributed by atoms with van der Waals surface area (Å²) in [5.41, 5.74) is -3.08. The molecule has 0 aromatic heterocycles. The van der Waals surface area contributed by atoms with E-state index in [2.05, 4.69) is 6.58 Å². The van der Waals surface area contributed by atoms with Crippen LogP contribution >= 0.6 is 0 Å². The fourth-order valence-corrected chi connectivity index (χ4v) is 7.69. The lowest BCUT2D eigenvalue weighted by Gasteiger charge is -2.51. The molecule has 4 aliphatic rings. The fourth-order valence-electron chi connectivity index (χ4n) is 7.69. The first-order chi connectivity index (χ1) is 12.5. The van der Waals surface area contributed by atoms with Crippen LogP contribution < -0.4 is 0 Å². The summed E-state index contributed by atoms with van der Waals surface area (Å²) in [6.45, 7) is 5.45. The van der Waals surface area contributed by atoms with Gasteiger partial charge in [-0.05, 0) is 62.7 Å². The third-order valence-corrected chi connectivity index (χ3v) is 8.68. The molecule has 0 aromatic rings. The van der Waals surface area contributed by atoms with Crippen LogP contribution in [-0.4, -0.2) is 44.4 Å². The highest BCUT2D eigenvalue weighted by molar-refractivity contribution is 5.86. The van der Waals surface area contributed by atoms with Crippen LogP contribution in [0, 0.1) is 39.9 Å². The summed E-state index contributed by atoms with van der Waals surface area (Å²) >= 11 is 0. The molecule has 0 heterocycles. The van der Waals surface area contributed by atoms with Crippen molar-refractivity contribution in [3.05, 3.63) is 12.2 Å². The van der Waals surface area contributed by atoms with Crippen LogP contribution in [0.15, 0.2) is 12.2 Å². The number of hydrogen-bond donors (Lipinski definition) is 4. The Kier molecular flexibility index (Phi) is 3.65.